The van der Waals surface area contributed by atoms with Gasteiger partial charge in [0.1, 0.15) is 0 Å². The first-order chi connectivity index (χ1) is 9.25. The van der Waals surface area contributed by atoms with Gasteiger partial charge in [0.2, 0.25) is 0 Å². The molecule has 19 heavy (non-hydrogen) atoms. The van der Waals surface area contributed by atoms with Gasteiger partial charge >= 0.3 is 0 Å². The summed E-state index contributed by atoms with van der Waals surface area (Å²) in [7, 11) is 0. The van der Waals surface area contributed by atoms with Crippen LogP contribution in [0, 0.1) is 0 Å². The van der Waals surface area contributed by atoms with Gasteiger partial charge < -0.3 is 0 Å². The fourth-order valence-electron chi connectivity index (χ4n) is 2.56. The third-order valence-electron chi connectivity index (χ3n) is 3.40. The molecule has 0 bridgehead atoms. The average molecular weight is 348 g/mol. The first-order valence-corrected chi connectivity index (χ1v) is 7.92. The van der Waals surface area contributed by atoms with Crippen molar-refractivity contribution in [3.63, 3.8) is 0 Å². The van der Waals surface area contributed by atoms with Crippen LogP contribution in [0.15, 0.2) is 53.0 Å². The van der Waals surface area contributed by atoms with Crippen molar-refractivity contribution in [2.75, 3.05) is 0 Å². The molecule has 92 valence electrons. The smallest absolute Gasteiger partial charge is 0.0491 e. The van der Waals surface area contributed by atoms with Gasteiger partial charge in [-0.2, -0.15) is 0 Å². The van der Waals surface area contributed by atoms with Crippen LogP contribution in [0.25, 0.3) is 30.9 Å². The number of thiophene rings is 1. The Balaban J connectivity index is 2.37. The molecule has 3 aromatic carbocycles. The molecule has 4 rings (SSSR count). The molecule has 0 aliphatic heterocycles. The topological polar surface area (TPSA) is 0 Å². The van der Waals surface area contributed by atoms with Crippen molar-refractivity contribution in [1.82, 2.24) is 0 Å². The molecule has 0 atom stereocenters. The van der Waals surface area contributed by atoms with Gasteiger partial charge in [0.05, 0.1) is 0 Å². The number of fused-ring (bicyclic) bond motifs is 5. The van der Waals surface area contributed by atoms with E-state index in [0.29, 0.717) is 0 Å². The molecule has 0 spiro atoms. The molecule has 0 unspecified atom stereocenters. The Labute approximate surface area is 127 Å². The van der Waals surface area contributed by atoms with E-state index in [0.717, 1.165) is 14.9 Å². The van der Waals surface area contributed by atoms with Crippen LogP contribution in [0.2, 0.25) is 5.02 Å². The van der Waals surface area contributed by atoms with Crippen molar-refractivity contribution in [3.8, 4) is 0 Å². The van der Waals surface area contributed by atoms with Crippen LogP contribution < -0.4 is 0 Å². The monoisotopic (exact) mass is 346 g/mol. The molecule has 0 saturated heterocycles. The third kappa shape index (κ3) is 1.64. The highest BCUT2D eigenvalue weighted by Gasteiger charge is 2.12. The highest BCUT2D eigenvalue weighted by Crippen LogP contribution is 2.43. The first-order valence-electron chi connectivity index (χ1n) is 5.93. The number of hydrogen-bond donors (Lipinski definition) is 0. The Kier molecular flexibility index (Phi) is 2.59. The van der Waals surface area contributed by atoms with E-state index in [2.05, 4.69) is 58.4 Å². The van der Waals surface area contributed by atoms with Gasteiger partial charge in [0.15, 0.2) is 0 Å². The van der Waals surface area contributed by atoms with Crippen LogP contribution in [0.4, 0.5) is 0 Å². The van der Waals surface area contributed by atoms with Crippen LogP contribution in [-0.2, 0) is 0 Å². The van der Waals surface area contributed by atoms with Gasteiger partial charge in [0.25, 0.3) is 0 Å². The van der Waals surface area contributed by atoms with E-state index in [1.807, 2.05) is 17.4 Å². The van der Waals surface area contributed by atoms with E-state index in [1.165, 1.54) is 25.6 Å². The molecule has 0 nitrogen and oxygen atoms in total. The summed E-state index contributed by atoms with van der Waals surface area (Å²) < 4.78 is 3.72. The fourth-order valence-corrected chi connectivity index (χ4v) is 4.79. The number of halogens is 2. The lowest BCUT2D eigenvalue weighted by atomic mass is 10.1. The molecule has 3 heteroatoms. The van der Waals surface area contributed by atoms with Gasteiger partial charge in [0, 0.05) is 40.4 Å². The minimum Gasteiger partial charge on any atom is -0.134 e. The van der Waals surface area contributed by atoms with E-state index < -0.39 is 0 Å². The SMILES string of the molecule is Clc1cc2c(sc3cccc(Br)c32)c2ccccc12. The summed E-state index contributed by atoms with van der Waals surface area (Å²) in [5, 5.41) is 5.67. The maximum Gasteiger partial charge on any atom is 0.0491 e. The molecule has 0 aliphatic rings. The van der Waals surface area contributed by atoms with Gasteiger partial charge in [-0.1, -0.05) is 57.9 Å². The Morgan fingerprint density at radius 1 is 0.895 bits per heavy atom. The van der Waals surface area contributed by atoms with Crippen LogP contribution in [-0.4, -0.2) is 0 Å². The second-order valence-corrected chi connectivity index (χ2v) is 6.81. The summed E-state index contributed by atoms with van der Waals surface area (Å²) >= 11 is 11.9. The summed E-state index contributed by atoms with van der Waals surface area (Å²) in [6, 6.07) is 16.7. The van der Waals surface area contributed by atoms with E-state index in [-0.39, 0.29) is 0 Å². The molecule has 1 aromatic heterocycles. The number of hydrogen-bond acceptors (Lipinski definition) is 1. The second-order valence-electron chi connectivity index (χ2n) is 4.50. The molecular weight excluding hydrogens is 340 g/mol. The molecule has 4 aromatic rings. The van der Waals surface area contributed by atoms with Crippen molar-refractivity contribution in [2.45, 2.75) is 0 Å². The summed E-state index contributed by atoms with van der Waals surface area (Å²) in [4.78, 5) is 0. The van der Waals surface area contributed by atoms with Crippen molar-refractivity contribution in [2.24, 2.45) is 0 Å². The largest absolute Gasteiger partial charge is 0.134 e. The number of benzene rings is 3. The van der Waals surface area contributed by atoms with Gasteiger partial charge in [-0.25, -0.2) is 0 Å². The van der Waals surface area contributed by atoms with Crippen LogP contribution in [0.5, 0.6) is 0 Å². The molecule has 0 amide bonds. The first kappa shape index (κ1) is 11.7. The Morgan fingerprint density at radius 3 is 2.53 bits per heavy atom. The summed E-state index contributed by atoms with van der Waals surface area (Å²) in [6.45, 7) is 0. The van der Waals surface area contributed by atoms with Crippen LogP contribution >= 0.6 is 38.9 Å². The standard InChI is InChI=1S/C16H8BrClS/c17-12-6-3-7-14-15(12)11-8-13(18)9-4-1-2-5-10(9)16(11)19-14/h1-8H. The Bertz CT molecular complexity index is 940. The predicted octanol–water partition coefficient (Wildman–Crippen LogP) is 6.62. The Hall–Kier alpha value is -1.09. The minimum atomic E-state index is 0.818. The molecule has 0 radical (unpaired) electrons. The van der Waals surface area contributed by atoms with Gasteiger partial charge in [-0.3, -0.25) is 0 Å². The lowest BCUT2D eigenvalue weighted by molar-refractivity contribution is 1.79. The predicted molar refractivity (Wildman–Crippen MR) is 89.5 cm³/mol. The van der Waals surface area contributed by atoms with Crippen molar-refractivity contribution in [3.05, 3.63) is 58.0 Å². The average Bonchev–Trinajstić information content (AvgIpc) is 2.79. The van der Waals surface area contributed by atoms with E-state index >= 15 is 0 Å². The summed E-state index contributed by atoms with van der Waals surface area (Å²) in [5.41, 5.74) is 0. The highest BCUT2D eigenvalue weighted by molar-refractivity contribution is 9.10. The quantitative estimate of drug-likeness (QED) is 0.335. The Morgan fingerprint density at radius 2 is 1.68 bits per heavy atom. The zero-order valence-corrected chi connectivity index (χ0v) is 12.9. The molecular formula is C16H8BrClS. The van der Waals surface area contributed by atoms with E-state index in [1.54, 1.807) is 0 Å². The second kappa shape index (κ2) is 4.20. The normalized spacial score (nSPS) is 11.7. The highest BCUT2D eigenvalue weighted by atomic mass is 79.9. The summed E-state index contributed by atoms with van der Waals surface area (Å²) in [5.74, 6) is 0. The molecule has 0 saturated carbocycles. The fraction of sp³-hybridized carbons (Fsp3) is 0. The third-order valence-corrected chi connectivity index (χ3v) is 5.58. The molecule has 0 N–H and O–H groups in total. The van der Waals surface area contributed by atoms with E-state index in [4.69, 9.17) is 11.6 Å². The van der Waals surface area contributed by atoms with Crippen molar-refractivity contribution >= 4 is 69.8 Å². The summed E-state index contributed by atoms with van der Waals surface area (Å²) in [6.07, 6.45) is 0. The van der Waals surface area contributed by atoms with Crippen LogP contribution in [0.1, 0.15) is 0 Å². The maximum atomic E-state index is 6.43. The molecule has 1 heterocycles. The zero-order valence-electron chi connectivity index (χ0n) is 9.78. The lowest BCUT2D eigenvalue weighted by Gasteiger charge is -2.02. The number of rotatable bonds is 0. The maximum absolute atomic E-state index is 6.43. The van der Waals surface area contributed by atoms with E-state index in [9.17, 15) is 0 Å². The van der Waals surface area contributed by atoms with Crippen molar-refractivity contribution < 1.29 is 0 Å². The molecule has 0 fully saturated rings. The lowest BCUT2D eigenvalue weighted by Crippen LogP contribution is -1.75. The minimum absolute atomic E-state index is 0.818. The zero-order chi connectivity index (χ0) is 13.0. The van der Waals surface area contributed by atoms with Crippen molar-refractivity contribution in [1.29, 1.82) is 0 Å². The van der Waals surface area contributed by atoms with Gasteiger partial charge in [-0.15, -0.1) is 11.3 Å². The van der Waals surface area contributed by atoms with Gasteiger partial charge in [-0.05, 0) is 18.2 Å². The molecule has 0 aliphatic carbocycles. The van der Waals surface area contributed by atoms with Crippen LogP contribution in [0.3, 0.4) is 0 Å².